The lowest BCUT2D eigenvalue weighted by atomic mass is 10.1. The first-order valence-corrected chi connectivity index (χ1v) is 10.0. The molecule has 0 aliphatic carbocycles. The molecule has 1 amide bonds. The molecule has 146 valence electrons. The molecular formula is C21H23N3O3S. The molecule has 3 aromatic rings. The van der Waals surface area contributed by atoms with Crippen molar-refractivity contribution in [2.75, 3.05) is 6.54 Å². The number of amides is 1. The molecule has 0 aliphatic rings. The van der Waals surface area contributed by atoms with Gasteiger partial charge in [-0.2, -0.15) is 5.10 Å². The highest BCUT2D eigenvalue weighted by molar-refractivity contribution is 7.99. The molecular weight excluding hydrogens is 374 g/mol. The van der Waals surface area contributed by atoms with Gasteiger partial charge in [-0.25, -0.2) is 4.68 Å². The van der Waals surface area contributed by atoms with Crippen molar-refractivity contribution < 1.29 is 9.21 Å². The number of furan rings is 1. The Morgan fingerprint density at radius 1 is 1.18 bits per heavy atom. The first-order valence-electron chi connectivity index (χ1n) is 9.15. The van der Waals surface area contributed by atoms with Gasteiger partial charge in [0.05, 0.1) is 19.2 Å². The van der Waals surface area contributed by atoms with Gasteiger partial charge in [0, 0.05) is 22.8 Å². The summed E-state index contributed by atoms with van der Waals surface area (Å²) in [5, 5.41) is 7.65. The van der Waals surface area contributed by atoms with Crippen molar-refractivity contribution in [1.29, 1.82) is 0 Å². The summed E-state index contributed by atoms with van der Waals surface area (Å²) in [5.74, 6) is 0.511. The van der Waals surface area contributed by atoms with E-state index in [1.54, 1.807) is 36.2 Å². The van der Waals surface area contributed by atoms with Crippen molar-refractivity contribution >= 4 is 17.7 Å². The predicted molar refractivity (Wildman–Crippen MR) is 110 cm³/mol. The molecule has 0 fully saturated rings. The molecule has 3 rings (SSSR count). The van der Waals surface area contributed by atoms with Crippen LogP contribution < -0.4 is 10.9 Å². The molecule has 2 heterocycles. The van der Waals surface area contributed by atoms with Gasteiger partial charge in [-0.05, 0) is 35.9 Å². The van der Waals surface area contributed by atoms with Gasteiger partial charge >= 0.3 is 0 Å². The van der Waals surface area contributed by atoms with Crippen LogP contribution in [-0.2, 0) is 17.8 Å². The minimum absolute atomic E-state index is 0.0838. The summed E-state index contributed by atoms with van der Waals surface area (Å²) in [5.41, 5.74) is 1.32. The van der Waals surface area contributed by atoms with E-state index in [1.165, 1.54) is 15.6 Å². The van der Waals surface area contributed by atoms with Gasteiger partial charge in [0.1, 0.15) is 5.69 Å². The largest absolute Gasteiger partial charge is 0.463 e. The van der Waals surface area contributed by atoms with Crippen LogP contribution in [0.5, 0.6) is 0 Å². The zero-order chi connectivity index (χ0) is 19.9. The number of aromatic nitrogens is 2. The summed E-state index contributed by atoms with van der Waals surface area (Å²) in [4.78, 5) is 25.3. The van der Waals surface area contributed by atoms with Crippen molar-refractivity contribution in [1.82, 2.24) is 15.1 Å². The first-order chi connectivity index (χ1) is 13.5. The fraction of sp³-hybridized carbons (Fsp3) is 0.286. The zero-order valence-electron chi connectivity index (χ0n) is 15.9. The Morgan fingerprint density at radius 2 is 1.96 bits per heavy atom. The summed E-state index contributed by atoms with van der Waals surface area (Å²) in [7, 11) is 0. The second-order valence-electron chi connectivity index (χ2n) is 6.59. The van der Waals surface area contributed by atoms with Crippen molar-refractivity contribution in [3.63, 3.8) is 0 Å². The number of nitrogens with one attached hydrogen (secondary N) is 1. The average Bonchev–Trinajstić information content (AvgIpc) is 3.19. The standard InChI is InChI=1S/C21H23N3O3S/c1-15(2)28-17-7-5-16(6-8-17)14-20(25)22-11-12-24-21(26)10-9-18(23-24)19-4-3-13-27-19/h3-10,13,15H,11-12,14H2,1-2H3,(H,22,25). The molecule has 0 saturated carbocycles. The molecule has 0 bridgehead atoms. The van der Waals surface area contributed by atoms with E-state index in [-0.39, 0.29) is 11.5 Å². The van der Waals surface area contributed by atoms with E-state index in [0.717, 1.165) is 5.56 Å². The van der Waals surface area contributed by atoms with Crippen LogP contribution in [0.1, 0.15) is 19.4 Å². The molecule has 0 aliphatic heterocycles. The topological polar surface area (TPSA) is 77.1 Å². The Bertz CT molecular complexity index is 963. The van der Waals surface area contributed by atoms with Crippen LogP contribution in [0.3, 0.4) is 0 Å². The Labute approximate surface area is 168 Å². The molecule has 0 saturated heterocycles. The van der Waals surface area contributed by atoms with Crippen LogP contribution in [0, 0.1) is 0 Å². The van der Waals surface area contributed by atoms with Gasteiger partial charge in [0.25, 0.3) is 5.56 Å². The van der Waals surface area contributed by atoms with Crippen molar-refractivity contribution in [3.8, 4) is 11.5 Å². The number of thioether (sulfide) groups is 1. The number of carbonyl (C=O) groups excluding carboxylic acids is 1. The maximum Gasteiger partial charge on any atom is 0.266 e. The monoisotopic (exact) mass is 397 g/mol. The smallest absolute Gasteiger partial charge is 0.266 e. The minimum Gasteiger partial charge on any atom is -0.463 e. The Hall–Kier alpha value is -2.80. The normalized spacial score (nSPS) is 11.0. The summed E-state index contributed by atoms with van der Waals surface area (Å²) >= 11 is 1.79. The number of rotatable bonds is 8. The number of nitrogens with zero attached hydrogens (tertiary/aromatic N) is 2. The van der Waals surface area contributed by atoms with Crippen molar-refractivity contribution in [2.24, 2.45) is 0 Å². The Morgan fingerprint density at radius 3 is 2.64 bits per heavy atom. The maximum absolute atomic E-state index is 12.2. The third-order valence-corrected chi connectivity index (χ3v) is 4.96. The van der Waals surface area contributed by atoms with Gasteiger partial charge < -0.3 is 9.73 Å². The second kappa shape index (κ2) is 9.41. The summed E-state index contributed by atoms with van der Waals surface area (Å²) < 4.78 is 6.63. The van der Waals surface area contributed by atoms with Crippen LogP contribution in [0.4, 0.5) is 0 Å². The van der Waals surface area contributed by atoms with Gasteiger partial charge in [-0.3, -0.25) is 9.59 Å². The van der Waals surface area contributed by atoms with Crippen molar-refractivity contribution in [3.05, 3.63) is 70.7 Å². The second-order valence-corrected chi connectivity index (χ2v) is 8.24. The maximum atomic E-state index is 12.2. The van der Waals surface area contributed by atoms with Gasteiger partial charge in [0.15, 0.2) is 5.76 Å². The highest BCUT2D eigenvalue weighted by Gasteiger charge is 2.07. The van der Waals surface area contributed by atoms with E-state index < -0.39 is 0 Å². The van der Waals surface area contributed by atoms with E-state index in [2.05, 4.69) is 24.3 Å². The van der Waals surface area contributed by atoms with Gasteiger partial charge in [0.2, 0.25) is 5.91 Å². The van der Waals surface area contributed by atoms with Crippen LogP contribution in [0.15, 0.2) is 68.9 Å². The van der Waals surface area contributed by atoms with Crippen LogP contribution in [0.2, 0.25) is 0 Å². The third kappa shape index (κ3) is 5.60. The van der Waals surface area contributed by atoms with Crippen LogP contribution in [-0.4, -0.2) is 27.5 Å². The first kappa shape index (κ1) is 19.9. The fourth-order valence-corrected chi connectivity index (χ4v) is 3.51. The SMILES string of the molecule is CC(C)Sc1ccc(CC(=O)NCCn2nc(-c3ccco3)ccc2=O)cc1. The summed E-state index contributed by atoms with van der Waals surface area (Å²) in [6.07, 6.45) is 1.86. The molecule has 1 N–H and O–H groups in total. The van der Waals surface area contributed by atoms with Crippen LogP contribution in [0.25, 0.3) is 11.5 Å². The molecule has 1 aromatic carbocycles. The highest BCUT2D eigenvalue weighted by Crippen LogP contribution is 2.23. The zero-order valence-corrected chi connectivity index (χ0v) is 16.7. The molecule has 28 heavy (non-hydrogen) atoms. The lowest BCUT2D eigenvalue weighted by Crippen LogP contribution is -2.32. The van der Waals surface area contributed by atoms with E-state index in [1.807, 2.05) is 24.3 Å². The van der Waals surface area contributed by atoms with E-state index in [4.69, 9.17) is 4.42 Å². The molecule has 0 unspecified atom stereocenters. The van der Waals surface area contributed by atoms with Gasteiger partial charge in [-0.1, -0.05) is 26.0 Å². The molecule has 0 atom stereocenters. The van der Waals surface area contributed by atoms with E-state index >= 15 is 0 Å². The fourth-order valence-electron chi connectivity index (χ4n) is 2.67. The summed E-state index contributed by atoms with van der Waals surface area (Å²) in [6.45, 7) is 4.92. The minimum atomic E-state index is -0.220. The number of hydrogen-bond donors (Lipinski definition) is 1. The predicted octanol–water partition coefficient (Wildman–Crippen LogP) is 3.36. The van der Waals surface area contributed by atoms with Gasteiger partial charge in [-0.15, -0.1) is 11.8 Å². The molecule has 6 nitrogen and oxygen atoms in total. The van der Waals surface area contributed by atoms with Crippen molar-refractivity contribution in [2.45, 2.75) is 37.0 Å². The quantitative estimate of drug-likeness (QED) is 0.590. The van der Waals surface area contributed by atoms with E-state index in [9.17, 15) is 9.59 Å². The summed E-state index contributed by atoms with van der Waals surface area (Å²) in [6, 6.07) is 14.6. The number of benzene rings is 1. The molecule has 0 radical (unpaired) electrons. The highest BCUT2D eigenvalue weighted by atomic mass is 32.2. The number of carbonyl (C=O) groups is 1. The number of hydrogen-bond acceptors (Lipinski definition) is 5. The lowest BCUT2D eigenvalue weighted by Gasteiger charge is -2.09. The Kier molecular flexibility index (Phi) is 6.71. The third-order valence-electron chi connectivity index (χ3n) is 3.95. The van der Waals surface area contributed by atoms with Crippen LogP contribution >= 0.6 is 11.8 Å². The van der Waals surface area contributed by atoms with E-state index in [0.29, 0.717) is 36.2 Å². The molecule has 7 heteroatoms. The average molecular weight is 398 g/mol. The lowest BCUT2D eigenvalue weighted by molar-refractivity contribution is -0.120. The molecule has 0 spiro atoms. The Balaban J connectivity index is 1.51. The molecule has 2 aromatic heterocycles.